The van der Waals surface area contributed by atoms with E-state index in [0.717, 1.165) is 27.4 Å². The molecule has 0 amide bonds. The second kappa shape index (κ2) is 5.15. The molecule has 0 spiro atoms. The molecule has 114 valence electrons. The SMILES string of the molecule is CC(C)(O)C(C)(C)OBc1cccc2c1oc1ccccc12. The molecule has 3 nitrogen and oxygen atoms in total. The van der Waals surface area contributed by atoms with Crippen molar-refractivity contribution in [2.45, 2.75) is 38.9 Å². The fourth-order valence-electron chi connectivity index (χ4n) is 2.35. The molecular formula is C18H21BO3. The molecule has 22 heavy (non-hydrogen) atoms. The molecule has 1 aromatic heterocycles. The smallest absolute Gasteiger partial charge is 0.313 e. The zero-order chi connectivity index (χ0) is 16.0. The van der Waals surface area contributed by atoms with Gasteiger partial charge in [-0.3, -0.25) is 0 Å². The summed E-state index contributed by atoms with van der Waals surface area (Å²) in [6.45, 7) is 7.31. The lowest BCUT2D eigenvalue weighted by Gasteiger charge is -2.37. The van der Waals surface area contributed by atoms with Crippen molar-refractivity contribution in [2.24, 2.45) is 0 Å². The van der Waals surface area contributed by atoms with Crippen molar-refractivity contribution in [1.29, 1.82) is 0 Å². The fourth-order valence-corrected chi connectivity index (χ4v) is 2.35. The summed E-state index contributed by atoms with van der Waals surface area (Å²) in [6, 6.07) is 14.1. The first kappa shape index (κ1) is 15.1. The molecule has 2 aromatic carbocycles. The van der Waals surface area contributed by atoms with Gasteiger partial charge in [0.1, 0.15) is 11.2 Å². The minimum absolute atomic E-state index is 0.397. The summed E-state index contributed by atoms with van der Waals surface area (Å²) in [4.78, 5) is 0. The van der Waals surface area contributed by atoms with Crippen LogP contribution in [-0.4, -0.2) is 23.8 Å². The van der Waals surface area contributed by atoms with E-state index in [-0.39, 0.29) is 0 Å². The first-order chi connectivity index (χ1) is 10.3. The molecule has 0 aliphatic rings. The van der Waals surface area contributed by atoms with Gasteiger partial charge < -0.3 is 14.2 Å². The molecule has 3 rings (SSSR count). The van der Waals surface area contributed by atoms with Gasteiger partial charge in [-0.2, -0.15) is 0 Å². The van der Waals surface area contributed by atoms with Crippen LogP contribution in [0.2, 0.25) is 0 Å². The highest BCUT2D eigenvalue weighted by atomic mass is 16.5. The number of benzene rings is 2. The molecule has 0 atom stereocenters. The average Bonchev–Trinajstić information content (AvgIpc) is 2.83. The van der Waals surface area contributed by atoms with Crippen molar-refractivity contribution in [1.82, 2.24) is 0 Å². The van der Waals surface area contributed by atoms with E-state index in [1.165, 1.54) is 0 Å². The predicted molar refractivity (Wildman–Crippen MR) is 92.0 cm³/mol. The third-order valence-electron chi connectivity index (χ3n) is 4.55. The standard InChI is InChI=1S/C18H21BO3/c1-17(2,20)18(3,4)22-19-14-10-7-9-13-12-8-5-6-11-15(12)21-16(13)14/h5-11,19-20H,1-4H3. The van der Waals surface area contributed by atoms with Crippen molar-refractivity contribution >= 4 is 34.9 Å². The van der Waals surface area contributed by atoms with E-state index in [2.05, 4.69) is 12.1 Å². The molecule has 0 unspecified atom stereocenters. The normalized spacial score (nSPS) is 13.0. The van der Waals surface area contributed by atoms with Gasteiger partial charge in [-0.1, -0.05) is 36.4 Å². The zero-order valence-corrected chi connectivity index (χ0v) is 13.5. The van der Waals surface area contributed by atoms with E-state index in [9.17, 15) is 5.11 Å². The van der Waals surface area contributed by atoms with E-state index < -0.39 is 11.2 Å². The topological polar surface area (TPSA) is 42.6 Å². The summed E-state index contributed by atoms with van der Waals surface area (Å²) in [7, 11) is 0.397. The van der Waals surface area contributed by atoms with Crippen molar-refractivity contribution < 1.29 is 14.2 Å². The highest BCUT2D eigenvalue weighted by molar-refractivity contribution is 6.51. The van der Waals surface area contributed by atoms with Crippen LogP contribution in [0, 0.1) is 0 Å². The van der Waals surface area contributed by atoms with Crippen LogP contribution in [0.3, 0.4) is 0 Å². The van der Waals surface area contributed by atoms with Gasteiger partial charge in [0, 0.05) is 10.8 Å². The van der Waals surface area contributed by atoms with Gasteiger partial charge in [0.15, 0.2) is 0 Å². The maximum atomic E-state index is 10.2. The summed E-state index contributed by atoms with van der Waals surface area (Å²) < 4.78 is 12.0. The van der Waals surface area contributed by atoms with Gasteiger partial charge in [0.25, 0.3) is 0 Å². The number of furan rings is 1. The van der Waals surface area contributed by atoms with Crippen LogP contribution < -0.4 is 5.46 Å². The highest BCUT2D eigenvalue weighted by Crippen LogP contribution is 2.28. The summed E-state index contributed by atoms with van der Waals surface area (Å²) in [5, 5.41) is 12.4. The quantitative estimate of drug-likeness (QED) is 0.752. The van der Waals surface area contributed by atoms with Crippen LogP contribution >= 0.6 is 0 Å². The number of rotatable bonds is 4. The Bertz CT molecular complexity index is 812. The maximum Gasteiger partial charge on any atom is 0.313 e. The minimum atomic E-state index is -0.922. The Morgan fingerprint density at radius 2 is 1.64 bits per heavy atom. The van der Waals surface area contributed by atoms with E-state index in [0.29, 0.717) is 7.48 Å². The number of aliphatic hydroxyl groups is 1. The number of fused-ring (bicyclic) bond motifs is 3. The molecule has 1 N–H and O–H groups in total. The Hall–Kier alpha value is -1.78. The number of para-hydroxylation sites is 2. The van der Waals surface area contributed by atoms with Crippen LogP contribution in [0.1, 0.15) is 27.7 Å². The molecule has 3 aromatic rings. The van der Waals surface area contributed by atoms with Crippen LogP contribution in [-0.2, 0) is 4.65 Å². The summed E-state index contributed by atoms with van der Waals surface area (Å²) in [5.74, 6) is 0. The number of hydrogen-bond donors (Lipinski definition) is 1. The van der Waals surface area contributed by atoms with E-state index in [4.69, 9.17) is 9.07 Å². The maximum absolute atomic E-state index is 10.2. The van der Waals surface area contributed by atoms with Crippen molar-refractivity contribution in [2.75, 3.05) is 0 Å². The molecule has 0 aliphatic heterocycles. The highest BCUT2D eigenvalue weighted by Gasteiger charge is 2.35. The minimum Gasteiger partial charge on any atom is -0.457 e. The van der Waals surface area contributed by atoms with Gasteiger partial charge in [0.2, 0.25) is 0 Å². The van der Waals surface area contributed by atoms with E-state index >= 15 is 0 Å². The summed E-state index contributed by atoms with van der Waals surface area (Å²) in [5.41, 5.74) is 1.16. The van der Waals surface area contributed by atoms with Crippen molar-refractivity contribution in [3.8, 4) is 0 Å². The lowest BCUT2D eigenvalue weighted by Crippen LogP contribution is -2.49. The molecule has 4 heteroatoms. The Kier molecular flexibility index (Phi) is 3.54. The molecule has 0 radical (unpaired) electrons. The van der Waals surface area contributed by atoms with Gasteiger partial charge in [-0.25, -0.2) is 0 Å². The second-order valence-corrected chi connectivity index (χ2v) is 6.75. The third-order valence-corrected chi connectivity index (χ3v) is 4.55. The Labute approximate surface area is 131 Å². The molecule has 0 aliphatic carbocycles. The van der Waals surface area contributed by atoms with Gasteiger partial charge >= 0.3 is 7.48 Å². The Balaban J connectivity index is 1.98. The van der Waals surface area contributed by atoms with Crippen molar-refractivity contribution in [3.63, 3.8) is 0 Å². The molecule has 0 fully saturated rings. The molecule has 0 saturated heterocycles. The van der Waals surface area contributed by atoms with E-state index in [1.807, 2.05) is 44.2 Å². The first-order valence-corrected chi connectivity index (χ1v) is 7.55. The van der Waals surface area contributed by atoms with Crippen LogP contribution in [0.15, 0.2) is 46.9 Å². The summed E-state index contributed by atoms with van der Waals surface area (Å²) in [6.07, 6.45) is 0. The third kappa shape index (κ3) is 2.53. The Morgan fingerprint density at radius 3 is 2.36 bits per heavy atom. The lowest BCUT2D eigenvalue weighted by molar-refractivity contribution is -0.0893. The largest absolute Gasteiger partial charge is 0.457 e. The lowest BCUT2D eigenvalue weighted by atomic mass is 9.82. The van der Waals surface area contributed by atoms with Gasteiger partial charge in [-0.05, 0) is 39.2 Å². The van der Waals surface area contributed by atoms with Crippen molar-refractivity contribution in [3.05, 3.63) is 42.5 Å². The Morgan fingerprint density at radius 1 is 0.955 bits per heavy atom. The van der Waals surface area contributed by atoms with Crippen LogP contribution in [0.4, 0.5) is 0 Å². The average molecular weight is 296 g/mol. The zero-order valence-electron chi connectivity index (χ0n) is 13.5. The molecule has 1 heterocycles. The summed E-state index contributed by atoms with van der Waals surface area (Å²) >= 11 is 0. The van der Waals surface area contributed by atoms with Gasteiger partial charge in [0.05, 0.1) is 11.2 Å². The number of hydrogen-bond acceptors (Lipinski definition) is 3. The van der Waals surface area contributed by atoms with Gasteiger partial charge in [-0.15, -0.1) is 0 Å². The monoisotopic (exact) mass is 296 g/mol. The predicted octanol–water partition coefficient (Wildman–Crippen LogP) is 3.13. The van der Waals surface area contributed by atoms with Crippen LogP contribution in [0.5, 0.6) is 0 Å². The van der Waals surface area contributed by atoms with Crippen LogP contribution in [0.25, 0.3) is 21.9 Å². The molecule has 0 saturated carbocycles. The molecule has 0 bridgehead atoms. The van der Waals surface area contributed by atoms with E-state index in [1.54, 1.807) is 13.8 Å². The second-order valence-electron chi connectivity index (χ2n) is 6.75. The first-order valence-electron chi connectivity index (χ1n) is 7.55. The molecular weight excluding hydrogens is 275 g/mol. The fraction of sp³-hybridized carbons (Fsp3) is 0.333.